The highest BCUT2D eigenvalue weighted by atomic mass is 16.1. The third kappa shape index (κ3) is 5.09. The summed E-state index contributed by atoms with van der Waals surface area (Å²) in [4.78, 5) is 12.2. The van der Waals surface area contributed by atoms with Crippen LogP contribution in [0, 0.1) is 23.7 Å². The minimum atomic E-state index is 0.361. The van der Waals surface area contributed by atoms with Crippen molar-refractivity contribution in [3.05, 3.63) is 0 Å². The lowest BCUT2D eigenvalue weighted by atomic mass is 9.78. The number of rotatable bonds is 7. The number of hydrogen-bond donors (Lipinski definition) is 1. The second-order valence-corrected chi connectivity index (χ2v) is 6.56. The summed E-state index contributed by atoms with van der Waals surface area (Å²) in [5.74, 6) is 2.90. The summed E-state index contributed by atoms with van der Waals surface area (Å²) in [6, 6.07) is 0. The Morgan fingerprint density at radius 2 is 2.00 bits per heavy atom. The quantitative estimate of drug-likeness (QED) is 0.750. The zero-order valence-corrected chi connectivity index (χ0v) is 12.5. The molecule has 1 saturated carbocycles. The second-order valence-electron chi connectivity index (χ2n) is 6.56. The van der Waals surface area contributed by atoms with Crippen LogP contribution in [0.1, 0.15) is 65.7 Å². The summed E-state index contributed by atoms with van der Waals surface area (Å²) in [7, 11) is 0. The van der Waals surface area contributed by atoms with Crippen molar-refractivity contribution in [2.45, 2.75) is 65.7 Å². The van der Waals surface area contributed by atoms with Gasteiger partial charge in [-0.05, 0) is 50.0 Å². The molecule has 0 aromatic rings. The van der Waals surface area contributed by atoms with Crippen molar-refractivity contribution in [1.29, 1.82) is 0 Å². The molecule has 0 spiro atoms. The van der Waals surface area contributed by atoms with E-state index in [-0.39, 0.29) is 0 Å². The van der Waals surface area contributed by atoms with Gasteiger partial charge in [0.2, 0.25) is 0 Å². The van der Waals surface area contributed by atoms with Crippen molar-refractivity contribution < 1.29 is 4.79 Å². The Morgan fingerprint density at radius 3 is 2.56 bits per heavy atom. The van der Waals surface area contributed by atoms with E-state index in [1.807, 2.05) is 0 Å². The summed E-state index contributed by atoms with van der Waals surface area (Å²) in [5.41, 5.74) is 5.65. The molecule has 2 nitrogen and oxygen atoms in total. The molecule has 1 fully saturated rings. The van der Waals surface area contributed by atoms with Crippen molar-refractivity contribution >= 4 is 5.78 Å². The molecule has 3 atom stereocenters. The van der Waals surface area contributed by atoms with Gasteiger partial charge >= 0.3 is 0 Å². The van der Waals surface area contributed by atoms with Crippen LogP contribution in [0.3, 0.4) is 0 Å². The van der Waals surface area contributed by atoms with Gasteiger partial charge in [0.1, 0.15) is 5.78 Å². The molecule has 0 bridgehead atoms. The SMILES string of the molecule is CC1CCCC(C(=O)CCC(CCN)C(C)C)C1. The minimum absolute atomic E-state index is 0.361. The molecule has 0 heterocycles. The first kappa shape index (κ1) is 15.7. The monoisotopic (exact) mass is 253 g/mol. The maximum Gasteiger partial charge on any atom is 0.135 e. The predicted octanol–water partition coefficient (Wildman–Crippen LogP) is 3.78. The molecular formula is C16H31NO. The Kier molecular flexibility index (Phi) is 6.91. The van der Waals surface area contributed by atoms with Crippen molar-refractivity contribution in [1.82, 2.24) is 0 Å². The summed E-state index contributed by atoms with van der Waals surface area (Å²) < 4.78 is 0. The lowest BCUT2D eigenvalue weighted by molar-refractivity contribution is -0.124. The molecule has 1 aliphatic rings. The minimum Gasteiger partial charge on any atom is -0.330 e. The highest BCUT2D eigenvalue weighted by molar-refractivity contribution is 5.81. The molecule has 3 unspecified atom stereocenters. The molecule has 1 aliphatic carbocycles. The van der Waals surface area contributed by atoms with E-state index < -0.39 is 0 Å². The van der Waals surface area contributed by atoms with Crippen LogP contribution in [0.2, 0.25) is 0 Å². The van der Waals surface area contributed by atoms with E-state index in [4.69, 9.17) is 5.73 Å². The highest BCUT2D eigenvalue weighted by Crippen LogP contribution is 2.31. The maximum atomic E-state index is 12.2. The van der Waals surface area contributed by atoms with Gasteiger partial charge in [-0.3, -0.25) is 4.79 Å². The first-order valence-electron chi connectivity index (χ1n) is 7.77. The number of ketones is 1. The van der Waals surface area contributed by atoms with Crippen molar-refractivity contribution in [2.24, 2.45) is 29.4 Å². The summed E-state index contributed by atoms with van der Waals surface area (Å²) in [6.45, 7) is 7.52. The fourth-order valence-corrected chi connectivity index (χ4v) is 3.28. The van der Waals surface area contributed by atoms with E-state index in [0.29, 0.717) is 23.5 Å². The van der Waals surface area contributed by atoms with Crippen LogP contribution in [0.4, 0.5) is 0 Å². The lowest BCUT2D eigenvalue weighted by Gasteiger charge is -2.26. The van der Waals surface area contributed by atoms with Gasteiger partial charge < -0.3 is 5.73 Å². The molecule has 2 N–H and O–H groups in total. The molecule has 18 heavy (non-hydrogen) atoms. The van der Waals surface area contributed by atoms with E-state index in [9.17, 15) is 4.79 Å². The van der Waals surface area contributed by atoms with Crippen LogP contribution >= 0.6 is 0 Å². The fourth-order valence-electron chi connectivity index (χ4n) is 3.28. The Balaban J connectivity index is 2.34. The standard InChI is InChI=1S/C16H31NO/c1-12(2)14(9-10-17)7-8-16(18)15-6-4-5-13(3)11-15/h12-15H,4-11,17H2,1-3H3. The topological polar surface area (TPSA) is 43.1 Å². The Labute approximate surface area is 113 Å². The van der Waals surface area contributed by atoms with Crippen molar-refractivity contribution in [3.63, 3.8) is 0 Å². The van der Waals surface area contributed by atoms with E-state index in [2.05, 4.69) is 20.8 Å². The van der Waals surface area contributed by atoms with Crippen LogP contribution in [0.25, 0.3) is 0 Å². The molecule has 0 aromatic heterocycles. The zero-order chi connectivity index (χ0) is 13.5. The molecule has 0 radical (unpaired) electrons. The second kappa shape index (κ2) is 7.93. The van der Waals surface area contributed by atoms with Gasteiger partial charge in [-0.1, -0.05) is 33.6 Å². The molecule has 0 aromatic carbocycles. The smallest absolute Gasteiger partial charge is 0.135 e. The molecule has 0 aliphatic heterocycles. The zero-order valence-electron chi connectivity index (χ0n) is 12.5. The largest absolute Gasteiger partial charge is 0.330 e. The number of Topliss-reactive ketones (excluding diaryl/α,β-unsaturated/α-hetero) is 1. The molecule has 106 valence electrons. The third-order valence-electron chi connectivity index (χ3n) is 4.63. The van der Waals surface area contributed by atoms with E-state index >= 15 is 0 Å². The van der Waals surface area contributed by atoms with E-state index in [1.165, 1.54) is 12.8 Å². The maximum absolute atomic E-state index is 12.2. The Morgan fingerprint density at radius 1 is 1.28 bits per heavy atom. The van der Waals surface area contributed by atoms with Gasteiger partial charge in [0.15, 0.2) is 0 Å². The predicted molar refractivity (Wildman–Crippen MR) is 77.4 cm³/mol. The van der Waals surface area contributed by atoms with Crippen LogP contribution in [-0.4, -0.2) is 12.3 Å². The van der Waals surface area contributed by atoms with E-state index in [0.717, 1.165) is 44.6 Å². The van der Waals surface area contributed by atoms with Gasteiger partial charge in [-0.2, -0.15) is 0 Å². The van der Waals surface area contributed by atoms with Crippen molar-refractivity contribution in [3.8, 4) is 0 Å². The van der Waals surface area contributed by atoms with Gasteiger partial charge in [0, 0.05) is 12.3 Å². The normalized spacial score (nSPS) is 26.3. The number of carbonyl (C=O) groups excluding carboxylic acids is 1. The summed E-state index contributed by atoms with van der Waals surface area (Å²) in [5, 5.41) is 0. The molecule has 2 heteroatoms. The number of hydrogen-bond acceptors (Lipinski definition) is 2. The van der Waals surface area contributed by atoms with Gasteiger partial charge in [-0.15, -0.1) is 0 Å². The van der Waals surface area contributed by atoms with Crippen LogP contribution in [0.5, 0.6) is 0 Å². The van der Waals surface area contributed by atoms with Crippen molar-refractivity contribution in [2.75, 3.05) is 6.54 Å². The first-order valence-corrected chi connectivity index (χ1v) is 7.77. The Hall–Kier alpha value is -0.370. The average Bonchev–Trinajstić information content (AvgIpc) is 2.33. The van der Waals surface area contributed by atoms with Crippen LogP contribution < -0.4 is 5.73 Å². The molecule has 1 rings (SSSR count). The van der Waals surface area contributed by atoms with Gasteiger partial charge in [-0.25, -0.2) is 0 Å². The van der Waals surface area contributed by atoms with Crippen LogP contribution in [-0.2, 0) is 4.79 Å². The van der Waals surface area contributed by atoms with Crippen LogP contribution in [0.15, 0.2) is 0 Å². The van der Waals surface area contributed by atoms with E-state index in [1.54, 1.807) is 0 Å². The van der Waals surface area contributed by atoms with Gasteiger partial charge in [0.25, 0.3) is 0 Å². The summed E-state index contributed by atoms with van der Waals surface area (Å²) >= 11 is 0. The molecule has 0 amide bonds. The number of nitrogens with two attached hydrogens (primary N) is 1. The molecular weight excluding hydrogens is 222 g/mol. The third-order valence-corrected chi connectivity index (χ3v) is 4.63. The highest BCUT2D eigenvalue weighted by Gasteiger charge is 2.25. The average molecular weight is 253 g/mol. The number of carbonyl (C=O) groups is 1. The van der Waals surface area contributed by atoms with Gasteiger partial charge in [0.05, 0.1) is 0 Å². The lowest BCUT2D eigenvalue weighted by Crippen LogP contribution is -2.23. The first-order chi connectivity index (χ1) is 8.54. The summed E-state index contributed by atoms with van der Waals surface area (Å²) in [6.07, 6.45) is 7.69. The Bertz CT molecular complexity index is 249. The fraction of sp³-hybridized carbons (Fsp3) is 0.938. The molecule has 0 saturated heterocycles.